The van der Waals surface area contributed by atoms with Gasteiger partial charge in [0, 0.05) is 55.7 Å². The molecule has 0 aromatic carbocycles. The summed E-state index contributed by atoms with van der Waals surface area (Å²) in [6.07, 6.45) is 8.99. The van der Waals surface area contributed by atoms with Crippen LogP contribution in [-0.4, -0.2) is 54.9 Å². The van der Waals surface area contributed by atoms with E-state index in [0.717, 1.165) is 37.4 Å². The van der Waals surface area contributed by atoms with Crippen LogP contribution in [0.2, 0.25) is 0 Å². The number of thiazole rings is 1. The Hall–Kier alpha value is -2.81. The van der Waals surface area contributed by atoms with Gasteiger partial charge in [0.1, 0.15) is 5.82 Å². The summed E-state index contributed by atoms with van der Waals surface area (Å²) in [7, 11) is 0. The van der Waals surface area contributed by atoms with Gasteiger partial charge in [-0.15, -0.1) is 11.3 Å². The van der Waals surface area contributed by atoms with Crippen molar-refractivity contribution in [2.45, 2.75) is 32.2 Å². The molecule has 1 saturated heterocycles. The summed E-state index contributed by atoms with van der Waals surface area (Å²) in [5, 5.41) is 5.09. The molecular formula is C19H23N7OS. The van der Waals surface area contributed by atoms with E-state index in [1.807, 2.05) is 29.7 Å². The second-order valence-corrected chi connectivity index (χ2v) is 7.53. The highest BCUT2D eigenvalue weighted by atomic mass is 32.1. The van der Waals surface area contributed by atoms with Crippen LogP contribution in [-0.2, 0) is 6.54 Å². The Morgan fingerprint density at radius 1 is 1.29 bits per heavy atom. The molecule has 4 heterocycles. The largest absolute Gasteiger partial charge is 0.355 e. The molecule has 1 aliphatic rings. The standard InChI is InChI=1S/C19H23N7OS/c1-2-20-19-22-8-15(9-23-19)18(27)26-6-3-4-14(10-26)17-21-5-7-25(17)11-16-12-28-13-24-16/h5,7-9,12-14H,2-4,6,10-11H2,1H3,(H,20,22,23)/t14-/m0/s1. The summed E-state index contributed by atoms with van der Waals surface area (Å²) in [6.45, 7) is 4.84. The smallest absolute Gasteiger partial charge is 0.257 e. The number of nitrogens with zero attached hydrogens (tertiary/aromatic N) is 6. The summed E-state index contributed by atoms with van der Waals surface area (Å²) < 4.78 is 2.14. The number of amides is 1. The highest BCUT2D eigenvalue weighted by Gasteiger charge is 2.28. The monoisotopic (exact) mass is 397 g/mol. The van der Waals surface area contributed by atoms with Gasteiger partial charge in [0.25, 0.3) is 5.91 Å². The number of carbonyl (C=O) groups excluding carboxylic acids is 1. The van der Waals surface area contributed by atoms with Crippen LogP contribution in [0.4, 0.5) is 5.95 Å². The van der Waals surface area contributed by atoms with Crippen molar-refractivity contribution >= 4 is 23.2 Å². The topological polar surface area (TPSA) is 88.8 Å². The molecule has 3 aromatic rings. The van der Waals surface area contributed by atoms with Crippen molar-refractivity contribution in [2.24, 2.45) is 0 Å². The molecule has 1 fully saturated rings. The van der Waals surface area contributed by atoms with E-state index in [9.17, 15) is 4.79 Å². The highest BCUT2D eigenvalue weighted by molar-refractivity contribution is 7.07. The fourth-order valence-electron chi connectivity index (χ4n) is 3.55. The van der Waals surface area contributed by atoms with E-state index in [1.165, 1.54) is 0 Å². The number of piperidine rings is 1. The van der Waals surface area contributed by atoms with Gasteiger partial charge in [-0.3, -0.25) is 4.79 Å². The molecule has 28 heavy (non-hydrogen) atoms. The average molecular weight is 398 g/mol. The molecule has 4 rings (SSSR count). The molecule has 9 heteroatoms. The number of hydrogen-bond donors (Lipinski definition) is 1. The summed E-state index contributed by atoms with van der Waals surface area (Å²) in [4.78, 5) is 32.2. The van der Waals surface area contributed by atoms with E-state index in [1.54, 1.807) is 23.7 Å². The molecule has 0 unspecified atom stereocenters. The number of likely N-dealkylation sites (tertiary alicyclic amines) is 1. The third kappa shape index (κ3) is 4.04. The zero-order valence-electron chi connectivity index (χ0n) is 15.8. The Morgan fingerprint density at radius 3 is 2.89 bits per heavy atom. The fraction of sp³-hybridized carbons (Fsp3) is 0.421. The minimum Gasteiger partial charge on any atom is -0.355 e. The number of aromatic nitrogens is 5. The Labute approximate surface area is 167 Å². The third-order valence-electron chi connectivity index (χ3n) is 4.87. The van der Waals surface area contributed by atoms with Gasteiger partial charge in [0.05, 0.1) is 23.3 Å². The number of nitrogens with one attached hydrogen (secondary N) is 1. The van der Waals surface area contributed by atoms with Crippen molar-refractivity contribution in [2.75, 3.05) is 25.0 Å². The van der Waals surface area contributed by atoms with Crippen molar-refractivity contribution in [1.29, 1.82) is 0 Å². The fourth-order valence-corrected chi connectivity index (χ4v) is 4.10. The van der Waals surface area contributed by atoms with Gasteiger partial charge >= 0.3 is 0 Å². The lowest BCUT2D eigenvalue weighted by molar-refractivity contribution is 0.0702. The van der Waals surface area contributed by atoms with Crippen LogP contribution >= 0.6 is 11.3 Å². The highest BCUT2D eigenvalue weighted by Crippen LogP contribution is 2.27. The van der Waals surface area contributed by atoms with E-state index in [-0.39, 0.29) is 11.8 Å². The summed E-state index contributed by atoms with van der Waals surface area (Å²) >= 11 is 1.59. The Balaban J connectivity index is 1.46. The predicted molar refractivity (Wildman–Crippen MR) is 108 cm³/mol. The second-order valence-electron chi connectivity index (χ2n) is 6.81. The maximum atomic E-state index is 12.9. The molecule has 146 valence electrons. The van der Waals surface area contributed by atoms with Gasteiger partial charge in [-0.25, -0.2) is 19.9 Å². The van der Waals surface area contributed by atoms with Crippen molar-refractivity contribution in [3.8, 4) is 0 Å². The van der Waals surface area contributed by atoms with E-state index >= 15 is 0 Å². The molecule has 0 spiro atoms. The minimum atomic E-state index is -0.0228. The van der Waals surface area contributed by atoms with Crippen LogP contribution in [0.15, 0.2) is 35.7 Å². The molecule has 1 aliphatic heterocycles. The first-order valence-electron chi connectivity index (χ1n) is 9.48. The number of rotatable bonds is 6. The van der Waals surface area contributed by atoms with E-state index in [4.69, 9.17) is 0 Å². The van der Waals surface area contributed by atoms with Gasteiger partial charge in [-0.2, -0.15) is 0 Å². The predicted octanol–water partition coefficient (Wildman–Crippen LogP) is 2.63. The minimum absolute atomic E-state index is 0.0228. The van der Waals surface area contributed by atoms with Crippen LogP contribution in [0.1, 0.15) is 47.6 Å². The molecule has 3 aromatic heterocycles. The average Bonchev–Trinajstić information content (AvgIpc) is 3.41. The molecule has 0 bridgehead atoms. The lowest BCUT2D eigenvalue weighted by Gasteiger charge is -2.32. The van der Waals surface area contributed by atoms with Crippen molar-refractivity contribution in [3.05, 3.63) is 52.8 Å². The third-order valence-corrected chi connectivity index (χ3v) is 5.51. The molecule has 1 atom stereocenters. The van der Waals surface area contributed by atoms with Crippen molar-refractivity contribution in [1.82, 2.24) is 29.4 Å². The molecule has 0 aliphatic carbocycles. The number of imidazole rings is 1. The first-order valence-corrected chi connectivity index (χ1v) is 10.4. The molecule has 1 amide bonds. The molecule has 1 N–H and O–H groups in total. The maximum Gasteiger partial charge on any atom is 0.257 e. The molecular weight excluding hydrogens is 374 g/mol. The molecule has 8 nitrogen and oxygen atoms in total. The summed E-state index contributed by atoms with van der Waals surface area (Å²) in [5.41, 5.74) is 3.40. The van der Waals surface area contributed by atoms with Crippen molar-refractivity contribution < 1.29 is 4.79 Å². The quantitative estimate of drug-likeness (QED) is 0.688. The molecule has 0 radical (unpaired) electrons. The second kappa shape index (κ2) is 8.47. The maximum absolute atomic E-state index is 12.9. The number of hydrogen-bond acceptors (Lipinski definition) is 7. The van der Waals surface area contributed by atoms with Gasteiger partial charge in [0.2, 0.25) is 5.95 Å². The zero-order chi connectivity index (χ0) is 19.3. The van der Waals surface area contributed by atoms with Gasteiger partial charge in [0.15, 0.2) is 0 Å². The lowest BCUT2D eigenvalue weighted by atomic mass is 9.96. The molecule has 0 saturated carbocycles. The van der Waals surface area contributed by atoms with Gasteiger partial charge in [-0.05, 0) is 19.8 Å². The van der Waals surface area contributed by atoms with Crippen LogP contribution < -0.4 is 5.32 Å². The first-order chi connectivity index (χ1) is 13.7. The first kappa shape index (κ1) is 18.5. The van der Waals surface area contributed by atoms with E-state index in [0.29, 0.717) is 24.6 Å². The van der Waals surface area contributed by atoms with Gasteiger partial charge in [-0.1, -0.05) is 0 Å². The number of anilines is 1. The SMILES string of the molecule is CCNc1ncc(C(=O)N2CCC[C@H](c3nccn3Cc3cscn3)C2)cn1. The van der Waals surface area contributed by atoms with Crippen LogP contribution in [0.25, 0.3) is 0 Å². The summed E-state index contributed by atoms with van der Waals surface area (Å²) in [5.74, 6) is 1.75. The number of carbonyl (C=O) groups is 1. The van der Waals surface area contributed by atoms with Gasteiger partial charge < -0.3 is 14.8 Å². The Bertz CT molecular complexity index is 907. The van der Waals surface area contributed by atoms with Crippen LogP contribution in [0.5, 0.6) is 0 Å². The normalized spacial score (nSPS) is 16.9. The Kier molecular flexibility index (Phi) is 5.61. The van der Waals surface area contributed by atoms with Crippen LogP contribution in [0.3, 0.4) is 0 Å². The Morgan fingerprint density at radius 2 is 2.14 bits per heavy atom. The summed E-state index contributed by atoms with van der Waals surface area (Å²) in [6, 6.07) is 0. The zero-order valence-corrected chi connectivity index (χ0v) is 16.6. The lowest BCUT2D eigenvalue weighted by Crippen LogP contribution is -2.40. The van der Waals surface area contributed by atoms with Crippen molar-refractivity contribution in [3.63, 3.8) is 0 Å². The van der Waals surface area contributed by atoms with E-state index in [2.05, 4.69) is 35.2 Å². The van der Waals surface area contributed by atoms with Crippen LogP contribution in [0, 0.1) is 0 Å². The van der Waals surface area contributed by atoms with E-state index < -0.39 is 0 Å².